The maximum atomic E-state index is 13.5. The van der Waals surface area contributed by atoms with E-state index >= 15 is 0 Å². The van der Waals surface area contributed by atoms with Crippen LogP contribution < -0.4 is 19.1 Å². The number of sulfonamides is 1. The number of ketones is 1. The van der Waals surface area contributed by atoms with E-state index in [4.69, 9.17) is 9.47 Å². The van der Waals surface area contributed by atoms with Crippen LogP contribution in [0.3, 0.4) is 0 Å². The van der Waals surface area contributed by atoms with Crippen molar-refractivity contribution in [3.63, 3.8) is 0 Å². The molecule has 0 atom stereocenters. The first-order chi connectivity index (χ1) is 15.9. The molecule has 7 nitrogen and oxygen atoms in total. The van der Waals surface area contributed by atoms with Gasteiger partial charge >= 0.3 is 0 Å². The summed E-state index contributed by atoms with van der Waals surface area (Å²) in [5, 5.41) is 2.99. The van der Waals surface area contributed by atoms with Crippen molar-refractivity contribution in [2.24, 2.45) is 0 Å². The first kappa shape index (κ1) is 21.1. The fourth-order valence-corrected chi connectivity index (χ4v) is 5.41. The quantitative estimate of drug-likeness (QED) is 0.579. The molecule has 1 N–H and O–H groups in total. The van der Waals surface area contributed by atoms with E-state index < -0.39 is 15.8 Å². The summed E-state index contributed by atoms with van der Waals surface area (Å²) in [6.07, 6.45) is 1.29. The summed E-state index contributed by atoms with van der Waals surface area (Å²) < 4.78 is 39.0. The van der Waals surface area contributed by atoms with Gasteiger partial charge in [-0.3, -0.25) is 9.10 Å². The van der Waals surface area contributed by atoms with Gasteiger partial charge in [0.05, 0.1) is 12.2 Å². The Balaban J connectivity index is 1.45. The zero-order valence-corrected chi connectivity index (χ0v) is 18.8. The van der Waals surface area contributed by atoms with Crippen LogP contribution in [0.25, 0.3) is 0 Å². The third kappa shape index (κ3) is 3.93. The minimum Gasteiger partial charge on any atom is -0.454 e. The number of hydrogen-bond acceptors (Lipinski definition) is 6. The van der Waals surface area contributed by atoms with Crippen molar-refractivity contribution in [3.8, 4) is 11.5 Å². The summed E-state index contributed by atoms with van der Waals surface area (Å²) in [4.78, 5) is 12.8. The Morgan fingerprint density at radius 3 is 2.52 bits per heavy atom. The van der Waals surface area contributed by atoms with E-state index in [1.54, 1.807) is 30.3 Å². The monoisotopic (exact) mass is 462 g/mol. The number of nitrogens with one attached hydrogen (secondary N) is 1. The number of Topliss-reactive ketones (excluding diaryl/α,β-unsaturated/α-hetero) is 1. The first-order valence-electron chi connectivity index (χ1n) is 10.5. The molecule has 0 aromatic heterocycles. The van der Waals surface area contributed by atoms with E-state index in [2.05, 4.69) is 5.32 Å². The van der Waals surface area contributed by atoms with Gasteiger partial charge in [-0.15, -0.1) is 0 Å². The van der Waals surface area contributed by atoms with Crippen molar-refractivity contribution in [1.82, 2.24) is 5.32 Å². The van der Waals surface area contributed by atoms with Gasteiger partial charge in [-0.1, -0.05) is 48.0 Å². The highest BCUT2D eigenvalue weighted by Crippen LogP contribution is 2.36. The van der Waals surface area contributed by atoms with Gasteiger partial charge in [0.15, 0.2) is 16.4 Å². The maximum Gasteiger partial charge on any atom is 0.270 e. The lowest BCUT2D eigenvalue weighted by Gasteiger charge is -2.31. The maximum absolute atomic E-state index is 13.5. The molecule has 2 aliphatic rings. The number of aryl methyl sites for hydroxylation is 1. The molecule has 0 radical (unpaired) electrons. The molecule has 3 aromatic rings. The van der Waals surface area contributed by atoms with Gasteiger partial charge < -0.3 is 14.8 Å². The standard InChI is InChI=1S/C25H22N2O5S/c1-17-6-8-18(9-7-17)15-27-21-5-3-2-4-20(21)25(28)24(33(27,29)30)14-26-13-19-10-11-22-23(12-19)32-16-31-22/h2-12,14,26H,13,15-16H2,1H3/b24-14+. The Kier molecular flexibility index (Phi) is 5.30. The van der Waals surface area contributed by atoms with Gasteiger partial charge in [-0.25, -0.2) is 8.42 Å². The van der Waals surface area contributed by atoms with E-state index in [1.165, 1.54) is 10.5 Å². The predicted molar refractivity (Wildman–Crippen MR) is 125 cm³/mol. The molecule has 0 aliphatic carbocycles. The highest BCUT2D eigenvalue weighted by atomic mass is 32.2. The van der Waals surface area contributed by atoms with Crippen molar-refractivity contribution in [1.29, 1.82) is 0 Å². The number of fused-ring (bicyclic) bond motifs is 2. The molecule has 0 spiro atoms. The molecule has 8 heteroatoms. The summed E-state index contributed by atoms with van der Waals surface area (Å²) in [7, 11) is -4.06. The average Bonchev–Trinajstić information content (AvgIpc) is 3.28. The number of rotatable bonds is 5. The zero-order valence-electron chi connectivity index (χ0n) is 17.9. The number of hydrogen-bond donors (Lipinski definition) is 1. The largest absolute Gasteiger partial charge is 0.454 e. The molecule has 5 rings (SSSR count). The van der Waals surface area contributed by atoms with Crippen molar-refractivity contribution in [2.75, 3.05) is 11.1 Å². The lowest BCUT2D eigenvalue weighted by atomic mass is 10.1. The van der Waals surface area contributed by atoms with Gasteiger partial charge in [0.2, 0.25) is 12.6 Å². The van der Waals surface area contributed by atoms with Crippen LogP contribution in [0.1, 0.15) is 27.0 Å². The van der Waals surface area contributed by atoms with Gasteiger partial charge in [-0.05, 0) is 42.3 Å². The lowest BCUT2D eigenvalue weighted by Crippen LogP contribution is -2.39. The summed E-state index contributed by atoms with van der Waals surface area (Å²) >= 11 is 0. The first-order valence-corrected chi connectivity index (χ1v) is 11.9. The number of allylic oxidation sites excluding steroid dienone is 1. The summed E-state index contributed by atoms with van der Waals surface area (Å²) in [5.41, 5.74) is 3.53. The average molecular weight is 463 g/mol. The molecule has 2 aliphatic heterocycles. The second-order valence-corrected chi connectivity index (χ2v) is 9.75. The van der Waals surface area contributed by atoms with E-state index in [9.17, 15) is 13.2 Å². The van der Waals surface area contributed by atoms with Crippen LogP contribution in [0.15, 0.2) is 77.8 Å². The third-order valence-electron chi connectivity index (χ3n) is 5.63. The number of nitrogens with zero attached hydrogens (tertiary/aromatic N) is 1. The van der Waals surface area contributed by atoms with E-state index in [-0.39, 0.29) is 18.2 Å². The molecule has 0 amide bonds. The van der Waals surface area contributed by atoms with Crippen LogP contribution in [0.4, 0.5) is 5.69 Å². The van der Waals surface area contributed by atoms with Crippen LogP contribution in [-0.2, 0) is 23.1 Å². The smallest absolute Gasteiger partial charge is 0.270 e. The molecule has 168 valence electrons. The predicted octanol–water partition coefficient (Wildman–Crippen LogP) is 3.89. The molecule has 33 heavy (non-hydrogen) atoms. The van der Waals surface area contributed by atoms with Crippen molar-refractivity contribution in [3.05, 3.63) is 100 Å². The number of para-hydroxylation sites is 1. The fourth-order valence-electron chi connectivity index (χ4n) is 3.86. The van der Waals surface area contributed by atoms with Crippen molar-refractivity contribution >= 4 is 21.5 Å². The SMILES string of the molecule is Cc1ccc(CN2c3ccccc3C(=O)/C(=C\NCc3ccc4c(c3)OCO4)S2(=O)=O)cc1. The molecule has 0 saturated heterocycles. The van der Waals surface area contributed by atoms with Crippen LogP contribution >= 0.6 is 0 Å². The third-order valence-corrected chi connectivity index (χ3v) is 7.40. The van der Waals surface area contributed by atoms with Gasteiger partial charge in [0, 0.05) is 18.3 Å². The van der Waals surface area contributed by atoms with E-state index in [0.29, 0.717) is 29.3 Å². The molecular formula is C25H22N2O5S. The van der Waals surface area contributed by atoms with Crippen LogP contribution in [0.5, 0.6) is 11.5 Å². The molecule has 0 unspecified atom stereocenters. The number of carbonyl (C=O) groups excluding carboxylic acids is 1. The summed E-state index contributed by atoms with van der Waals surface area (Å²) in [5.74, 6) is 0.788. The highest BCUT2D eigenvalue weighted by molar-refractivity contribution is 7.97. The zero-order chi connectivity index (χ0) is 23.0. The molecule has 2 heterocycles. The lowest BCUT2D eigenvalue weighted by molar-refractivity contribution is 0.104. The van der Waals surface area contributed by atoms with Crippen LogP contribution in [0.2, 0.25) is 0 Å². The van der Waals surface area contributed by atoms with Gasteiger partial charge in [0.25, 0.3) is 10.0 Å². The summed E-state index contributed by atoms with van der Waals surface area (Å²) in [6.45, 7) is 2.61. The van der Waals surface area contributed by atoms with Crippen molar-refractivity contribution < 1.29 is 22.7 Å². The Labute approximate surface area is 192 Å². The second-order valence-electron chi connectivity index (χ2n) is 7.92. The number of ether oxygens (including phenoxy) is 2. The van der Waals surface area contributed by atoms with Crippen LogP contribution in [0, 0.1) is 6.92 Å². The molecule has 0 bridgehead atoms. The summed E-state index contributed by atoms with van der Waals surface area (Å²) in [6, 6.07) is 19.9. The Hall–Kier alpha value is -3.78. The molecule has 3 aromatic carbocycles. The van der Waals surface area contributed by atoms with E-state index in [1.807, 2.05) is 43.3 Å². The van der Waals surface area contributed by atoms with Gasteiger partial charge in [0.1, 0.15) is 0 Å². The normalized spacial score (nSPS) is 17.2. The van der Waals surface area contributed by atoms with Crippen LogP contribution in [-0.4, -0.2) is 21.0 Å². The minimum absolute atomic E-state index is 0.131. The molecule has 0 saturated carbocycles. The Morgan fingerprint density at radius 2 is 1.70 bits per heavy atom. The second kappa shape index (κ2) is 8.29. The minimum atomic E-state index is -4.06. The van der Waals surface area contributed by atoms with Crippen molar-refractivity contribution in [2.45, 2.75) is 20.0 Å². The number of benzene rings is 3. The topological polar surface area (TPSA) is 84.9 Å². The highest BCUT2D eigenvalue weighted by Gasteiger charge is 2.40. The number of anilines is 1. The van der Waals surface area contributed by atoms with Gasteiger partial charge in [-0.2, -0.15) is 0 Å². The Bertz CT molecular complexity index is 1360. The van der Waals surface area contributed by atoms with E-state index in [0.717, 1.165) is 16.7 Å². The number of carbonyl (C=O) groups is 1. The fraction of sp³-hybridized carbons (Fsp3) is 0.160. The molecular weight excluding hydrogens is 440 g/mol. The molecule has 0 fully saturated rings. The Morgan fingerprint density at radius 1 is 0.970 bits per heavy atom.